The zero-order valence-corrected chi connectivity index (χ0v) is 13.7. The van der Waals surface area contributed by atoms with Crippen LogP contribution in [0.4, 0.5) is 0 Å². The van der Waals surface area contributed by atoms with Gasteiger partial charge < -0.3 is 18.8 Å². The van der Waals surface area contributed by atoms with Crippen molar-refractivity contribution >= 4 is 5.97 Å². The van der Waals surface area contributed by atoms with Crippen LogP contribution in [0.5, 0.6) is 11.5 Å². The Hall–Kier alpha value is -2.50. The number of ether oxygens (including phenoxy) is 3. The summed E-state index contributed by atoms with van der Waals surface area (Å²) >= 11 is 0. The number of carbonyl (C=O) groups excluding carboxylic acids is 1. The molecule has 6 nitrogen and oxygen atoms in total. The maximum Gasteiger partial charge on any atom is 0.338 e. The van der Waals surface area contributed by atoms with Crippen LogP contribution in [0.25, 0.3) is 0 Å². The minimum atomic E-state index is -0.369. The highest BCUT2D eigenvalue weighted by molar-refractivity contribution is 5.90. The van der Waals surface area contributed by atoms with Gasteiger partial charge in [-0.15, -0.1) is 0 Å². The van der Waals surface area contributed by atoms with Crippen LogP contribution >= 0.6 is 0 Å². The summed E-state index contributed by atoms with van der Waals surface area (Å²) in [4.78, 5) is 16.3. The Labute approximate surface area is 136 Å². The van der Waals surface area contributed by atoms with Crippen molar-refractivity contribution in [1.82, 2.24) is 9.55 Å². The third-order valence-electron chi connectivity index (χ3n) is 3.40. The summed E-state index contributed by atoms with van der Waals surface area (Å²) in [6.07, 6.45) is 5.15. The Bertz CT molecular complexity index is 652. The average Bonchev–Trinajstić information content (AvgIpc) is 2.97. The van der Waals surface area contributed by atoms with E-state index in [0.29, 0.717) is 30.3 Å². The van der Waals surface area contributed by atoms with Gasteiger partial charge in [-0.05, 0) is 31.5 Å². The first-order valence-electron chi connectivity index (χ1n) is 7.59. The number of benzene rings is 1. The average molecular weight is 318 g/mol. The first-order chi connectivity index (χ1) is 11.2. The van der Waals surface area contributed by atoms with Crippen molar-refractivity contribution in [1.29, 1.82) is 0 Å². The van der Waals surface area contributed by atoms with Gasteiger partial charge in [-0.2, -0.15) is 0 Å². The Morgan fingerprint density at radius 2 is 2.13 bits per heavy atom. The predicted octanol–water partition coefficient (Wildman–Crippen LogP) is 2.62. The number of methoxy groups -OCH3 is 1. The number of aryl methyl sites for hydroxylation is 2. The molecule has 6 heteroatoms. The fraction of sp³-hybridized carbons (Fsp3) is 0.412. The van der Waals surface area contributed by atoms with E-state index in [0.717, 1.165) is 18.7 Å². The zero-order valence-electron chi connectivity index (χ0n) is 13.7. The molecule has 124 valence electrons. The van der Waals surface area contributed by atoms with Crippen molar-refractivity contribution in [2.45, 2.75) is 19.8 Å². The van der Waals surface area contributed by atoms with Gasteiger partial charge in [0.1, 0.15) is 5.82 Å². The first-order valence-corrected chi connectivity index (χ1v) is 7.59. The maximum atomic E-state index is 12.1. The van der Waals surface area contributed by atoms with Gasteiger partial charge in [0.2, 0.25) is 0 Å². The Morgan fingerprint density at radius 1 is 1.30 bits per heavy atom. The number of rotatable bonds is 8. The van der Waals surface area contributed by atoms with Crippen LogP contribution in [-0.2, 0) is 18.2 Å². The molecule has 0 amide bonds. The molecule has 0 spiro atoms. The van der Waals surface area contributed by atoms with Crippen LogP contribution in [0.3, 0.4) is 0 Å². The third kappa shape index (κ3) is 4.48. The highest BCUT2D eigenvalue weighted by Gasteiger charge is 2.12. The fourth-order valence-corrected chi connectivity index (χ4v) is 2.19. The molecule has 0 aliphatic rings. The molecular formula is C17H22N2O4. The van der Waals surface area contributed by atoms with E-state index in [2.05, 4.69) is 4.98 Å². The fourth-order valence-electron chi connectivity index (χ4n) is 2.19. The molecule has 0 bridgehead atoms. The molecule has 0 saturated carbocycles. The molecule has 0 saturated heterocycles. The lowest BCUT2D eigenvalue weighted by molar-refractivity contribution is 0.0499. The summed E-state index contributed by atoms with van der Waals surface area (Å²) in [6, 6.07) is 5.02. The lowest BCUT2D eigenvalue weighted by Crippen LogP contribution is -2.08. The lowest BCUT2D eigenvalue weighted by atomic mass is 10.2. The quantitative estimate of drug-likeness (QED) is 0.553. The summed E-state index contributed by atoms with van der Waals surface area (Å²) in [5, 5.41) is 0. The second-order valence-corrected chi connectivity index (χ2v) is 4.99. The smallest absolute Gasteiger partial charge is 0.338 e. The summed E-state index contributed by atoms with van der Waals surface area (Å²) in [5.41, 5.74) is 0.447. The third-order valence-corrected chi connectivity index (χ3v) is 3.40. The molecule has 2 aromatic rings. The molecule has 2 rings (SSSR count). The van der Waals surface area contributed by atoms with Crippen molar-refractivity contribution in [3.63, 3.8) is 0 Å². The highest BCUT2D eigenvalue weighted by Crippen LogP contribution is 2.28. The number of aromatic nitrogens is 2. The Kier molecular flexibility index (Phi) is 6.02. The normalized spacial score (nSPS) is 10.4. The van der Waals surface area contributed by atoms with E-state index in [1.807, 2.05) is 24.7 Å². The molecule has 0 atom stereocenters. The van der Waals surface area contributed by atoms with E-state index in [-0.39, 0.29) is 5.97 Å². The number of carbonyl (C=O) groups is 1. The number of imidazole rings is 1. The standard InChI is InChI=1S/C17H22N2O4/c1-4-22-14-8-7-13(12-15(14)21-3)17(20)23-11-5-6-16-18-9-10-19(16)2/h7-10,12H,4-6,11H2,1-3H3. The summed E-state index contributed by atoms with van der Waals surface area (Å²) in [7, 11) is 3.49. The summed E-state index contributed by atoms with van der Waals surface area (Å²) < 4.78 is 17.9. The van der Waals surface area contributed by atoms with Gasteiger partial charge in [-0.1, -0.05) is 0 Å². The van der Waals surface area contributed by atoms with Gasteiger partial charge >= 0.3 is 5.97 Å². The maximum absolute atomic E-state index is 12.1. The molecule has 0 N–H and O–H groups in total. The van der Waals surface area contributed by atoms with Crippen molar-refractivity contribution in [2.24, 2.45) is 7.05 Å². The van der Waals surface area contributed by atoms with Crippen molar-refractivity contribution in [2.75, 3.05) is 20.3 Å². The molecule has 0 fully saturated rings. The molecular weight excluding hydrogens is 296 g/mol. The van der Waals surface area contributed by atoms with Crippen molar-refractivity contribution < 1.29 is 19.0 Å². The minimum Gasteiger partial charge on any atom is -0.493 e. The molecule has 1 aromatic carbocycles. The molecule has 0 radical (unpaired) electrons. The van der Waals surface area contributed by atoms with Crippen LogP contribution in [0.2, 0.25) is 0 Å². The number of hydrogen-bond donors (Lipinski definition) is 0. The molecule has 1 aromatic heterocycles. The van der Waals surface area contributed by atoms with Crippen LogP contribution in [0.1, 0.15) is 29.5 Å². The largest absolute Gasteiger partial charge is 0.493 e. The highest BCUT2D eigenvalue weighted by atomic mass is 16.5. The molecule has 0 unspecified atom stereocenters. The topological polar surface area (TPSA) is 62.6 Å². The number of esters is 1. The summed E-state index contributed by atoms with van der Waals surface area (Å²) in [5.74, 6) is 1.74. The molecule has 1 heterocycles. The van der Waals surface area contributed by atoms with E-state index >= 15 is 0 Å². The van der Waals surface area contributed by atoms with Crippen molar-refractivity contribution in [3.8, 4) is 11.5 Å². The molecule has 0 aliphatic carbocycles. The van der Waals surface area contributed by atoms with Crippen LogP contribution in [-0.4, -0.2) is 35.8 Å². The van der Waals surface area contributed by atoms with Gasteiger partial charge in [-0.25, -0.2) is 9.78 Å². The van der Waals surface area contributed by atoms with E-state index in [4.69, 9.17) is 14.2 Å². The van der Waals surface area contributed by atoms with Crippen LogP contribution in [0.15, 0.2) is 30.6 Å². The minimum absolute atomic E-state index is 0.348. The van der Waals surface area contributed by atoms with Crippen molar-refractivity contribution in [3.05, 3.63) is 42.0 Å². The molecule has 0 aliphatic heterocycles. The summed E-state index contributed by atoms with van der Waals surface area (Å²) in [6.45, 7) is 2.78. The van der Waals surface area contributed by atoms with Gasteiger partial charge in [0.15, 0.2) is 11.5 Å². The van der Waals surface area contributed by atoms with Gasteiger partial charge in [0.05, 0.1) is 25.9 Å². The Balaban J connectivity index is 1.86. The van der Waals surface area contributed by atoms with E-state index in [9.17, 15) is 4.79 Å². The van der Waals surface area contributed by atoms with Gasteiger partial charge in [0.25, 0.3) is 0 Å². The van der Waals surface area contributed by atoms with E-state index in [1.165, 1.54) is 0 Å². The second-order valence-electron chi connectivity index (χ2n) is 4.99. The Morgan fingerprint density at radius 3 is 2.78 bits per heavy atom. The lowest BCUT2D eigenvalue weighted by Gasteiger charge is -2.11. The monoisotopic (exact) mass is 318 g/mol. The SMILES string of the molecule is CCOc1ccc(C(=O)OCCCc2nccn2C)cc1OC. The first kappa shape index (κ1) is 16.9. The predicted molar refractivity (Wildman–Crippen MR) is 86.0 cm³/mol. The van der Waals surface area contributed by atoms with Gasteiger partial charge in [-0.3, -0.25) is 0 Å². The van der Waals surface area contributed by atoms with Crippen LogP contribution < -0.4 is 9.47 Å². The van der Waals surface area contributed by atoms with Gasteiger partial charge in [0, 0.05) is 25.9 Å². The zero-order chi connectivity index (χ0) is 16.7. The molecule has 23 heavy (non-hydrogen) atoms. The number of hydrogen-bond acceptors (Lipinski definition) is 5. The van der Waals surface area contributed by atoms with E-state index in [1.54, 1.807) is 31.5 Å². The second kappa shape index (κ2) is 8.22. The number of nitrogens with zero attached hydrogens (tertiary/aromatic N) is 2. The van der Waals surface area contributed by atoms with Crippen LogP contribution in [0, 0.1) is 0 Å². The van der Waals surface area contributed by atoms with E-state index < -0.39 is 0 Å².